The number of hydrogen-bond acceptors (Lipinski definition) is 3. The minimum Gasteiger partial charge on any atom is -0.462 e. The Hall–Kier alpha value is -2.55. The number of anilines is 2. The fourth-order valence-corrected chi connectivity index (χ4v) is 3.64. The molecule has 1 aliphatic carbocycles. The molecule has 1 N–H and O–H groups in total. The highest BCUT2D eigenvalue weighted by atomic mass is 16.5. The molecule has 0 bridgehead atoms. The van der Waals surface area contributed by atoms with Gasteiger partial charge in [-0.15, -0.1) is 0 Å². The number of carbonyl (C=O) groups excluding carboxylic acids is 1. The van der Waals surface area contributed by atoms with E-state index in [0.717, 1.165) is 17.8 Å². The van der Waals surface area contributed by atoms with Gasteiger partial charge in [0.15, 0.2) is 0 Å². The average molecular weight is 364 g/mol. The van der Waals surface area contributed by atoms with Gasteiger partial charge in [-0.25, -0.2) is 4.79 Å². The highest BCUT2D eigenvalue weighted by molar-refractivity contribution is 5.90. The summed E-state index contributed by atoms with van der Waals surface area (Å²) in [7, 11) is 0. The van der Waals surface area contributed by atoms with E-state index in [1.54, 1.807) is 12.1 Å². The van der Waals surface area contributed by atoms with Crippen molar-refractivity contribution in [3.63, 3.8) is 0 Å². The van der Waals surface area contributed by atoms with E-state index in [2.05, 4.69) is 57.3 Å². The van der Waals surface area contributed by atoms with Gasteiger partial charge in [-0.05, 0) is 77.8 Å². The molecule has 0 radical (unpaired) electrons. The third-order valence-corrected chi connectivity index (χ3v) is 5.20. The highest BCUT2D eigenvalue weighted by Crippen LogP contribution is 2.42. The molecule has 3 nitrogen and oxygen atoms in total. The van der Waals surface area contributed by atoms with Gasteiger partial charge in [0.05, 0.1) is 12.2 Å². The summed E-state index contributed by atoms with van der Waals surface area (Å²) in [5.41, 5.74) is 6.91. The molecular weight excluding hydrogens is 334 g/mol. The van der Waals surface area contributed by atoms with E-state index in [0.29, 0.717) is 18.1 Å². The number of carbonyl (C=O) groups is 1. The van der Waals surface area contributed by atoms with E-state index in [9.17, 15) is 4.79 Å². The third kappa shape index (κ3) is 4.08. The fraction of sp³-hybridized carbons (Fsp3) is 0.375. The zero-order valence-corrected chi connectivity index (χ0v) is 16.9. The lowest BCUT2D eigenvalue weighted by molar-refractivity contribution is 0.0526. The van der Waals surface area contributed by atoms with Crippen LogP contribution in [-0.4, -0.2) is 12.6 Å². The SMILES string of the molecule is CCOC(=O)c1ccc(Nc2ccc3c(c2)C(C)(C)CC=C3C(C)C)cc1. The van der Waals surface area contributed by atoms with Crippen LogP contribution in [0.3, 0.4) is 0 Å². The normalized spacial score (nSPS) is 15.1. The Kier molecular flexibility index (Phi) is 5.41. The molecule has 3 rings (SSSR count). The van der Waals surface area contributed by atoms with Crippen LogP contribution in [0.2, 0.25) is 0 Å². The Morgan fingerprint density at radius 3 is 2.41 bits per heavy atom. The smallest absolute Gasteiger partial charge is 0.338 e. The highest BCUT2D eigenvalue weighted by Gasteiger charge is 2.29. The van der Waals surface area contributed by atoms with Crippen molar-refractivity contribution in [3.8, 4) is 0 Å². The molecule has 2 aromatic rings. The molecule has 0 saturated carbocycles. The Morgan fingerprint density at radius 1 is 1.11 bits per heavy atom. The van der Waals surface area contributed by atoms with Crippen LogP contribution in [0, 0.1) is 5.92 Å². The van der Waals surface area contributed by atoms with Crippen molar-refractivity contribution < 1.29 is 9.53 Å². The summed E-state index contributed by atoms with van der Waals surface area (Å²) < 4.78 is 5.04. The van der Waals surface area contributed by atoms with Crippen molar-refractivity contribution >= 4 is 22.9 Å². The summed E-state index contributed by atoms with van der Waals surface area (Å²) >= 11 is 0. The van der Waals surface area contributed by atoms with E-state index in [-0.39, 0.29) is 11.4 Å². The summed E-state index contributed by atoms with van der Waals surface area (Å²) in [4.78, 5) is 11.8. The first kappa shape index (κ1) is 19.2. The van der Waals surface area contributed by atoms with Gasteiger partial charge < -0.3 is 10.1 Å². The largest absolute Gasteiger partial charge is 0.462 e. The number of esters is 1. The number of benzene rings is 2. The molecule has 0 amide bonds. The van der Waals surface area contributed by atoms with Crippen LogP contribution in [0.15, 0.2) is 48.5 Å². The van der Waals surface area contributed by atoms with Crippen LogP contribution in [0.25, 0.3) is 5.57 Å². The predicted molar refractivity (Wildman–Crippen MR) is 113 cm³/mol. The molecule has 2 aromatic carbocycles. The Balaban J connectivity index is 1.85. The fourth-order valence-electron chi connectivity index (χ4n) is 3.64. The molecular formula is C24H29NO2. The Bertz CT molecular complexity index is 860. The van der Waals surface area contributed by atoms with E-state index >= 15 is 0 Å². The van der Waals surface area contributed by atoms with E-state index in [4.69, 9.17) is 4.74 Å². The van der Waals surface area contributed by atoms with Gasteiger partial charge in [0.2, 0.25) is 0 Å². The zero-order valence-electron chi connectivity index (χ0n) is 16.9. The first-order valence-electron chi connectivity index (χ1n) is 9.71. The third-order valence-electron chi connectivity index (χ3n) is 5.20. The van der Waals surface area contributed by atoms with Crippen LogP contribution in [-0.2, 0) is 10.2 Å². The summed E-state index contributed by atoms with van der Waals surface area (Å²) in [6, 6.07) is 14.0. The maximum Gasteiger partial charge on any atom is 0.338 e. The van der Waals surface area contributed by atoms with Gasteiger partial charge in [0, 0.05) is 11.4 Å². The Morgan fingerprint density at radius 2 is 1.78 bits per heavy atom. The van der Waals surface area contributed by atoms with E-state index in [1.807, 2.05) is 19.1 Å². The summed E-state index contributed by atoms with van der Waals surface area (Å²) in [6.07, 6.45) is 3.46. The lowest BCUT2D eigenvalue weighted by atomic mass is 9.71. The van der Waals surface area contributed by atoms with Crippen LogP contribution in [0.5, 0.6) is 0 Å². The van der Waals surface area contributed by atoms with Gasteiger partial charge in [-0.3, -0.25) is 0 Å². The second-order valence-electron chi connectivity index (χ2n) is 8.09. The van der Waals surface area contributed by atoms with E-state index in [1.165, 1.54) is 16.7 Å². The van der Waals surface area contributed by atoms with Gasteiger partial charge in [0.25, 0.3) is 0 Å². The molecule has 27 heavy (non-hydrogen) atoms. The first-order valence-corrected chi connectivity index (χ1v) is 9.71. The second-order valence-corrected chi connectivity index (χ2v) is 8.09. The van der Waals surface area contributed by atoms with E-state index < -0.39 is 0 Å². The standard InChI is InChI=1S/C24H29NO2/c1-6-27-23(26)17-7-9-18(10-8-17)25-19-11-12-21-20(16(2)3)13-14-24(4,5)22(21)15-19/h7-13,15-16,25H,6,14H2,1-5H3. The van der Waals surface area contributed by atoms with Crippen molar-refractivity contribution in [2.75, 3.05) is 11.9 Å². The van der Waals surface area contributed by atoms with Crippen LogP contribution in [0.1, 0.15) is 62.5 Å². The molecule has 0 atom stereocenters. The van der Waals surface area contributed by atoms with Crippen molar-refractivity contribution in [3.05, 3.63) is 65.2 Å². The molecule has 142 valence electrons. The number of fused-ring (bicyclic) bond motifs is 1. The molecule has 0 unspecified atom stereocenters. The number of ether oxygens (including phenoxy) is 1. The molecule has 0 heterocycles. The van der Waals surface area contributed by atoms with Crippen molar-refractivity contribution in [1.82, 2.24) is 0 Å². The predicted octanol–water partition coefficient (Wildman–Crippen LogP) is 6.33. The summed E-state index contributed by atoms with van der Waals surface area (Å²) in [6.45, 7) is 11.3. The van der Waals surface area contributed by atoms with Crippen LogP contribution in [0.4, 0.5) is 11.4 Å². The number of rotatable bonds is 5. The quantitative estimate of drug-likeness (QED) is 0.631. The van der Waals surface area contributed by atoms with Crippen molar-refractivity contribution in [2.45, 2.75) is 46.5 Å². The molecule has 0 aliphatic heterocycles. The molecule has 0 fully saturated rings. The molecule has 0 aromatic heterocycles. The number of allylic oxidation sites excluding steroid dienone is 2. The lowest BCUT2D eigenvalue weighted by Crippen LogP contribution is -2.22. The van der Waals surface area contributed by atoms with Gasteiger partial charge in [-0.2, -0.15) is 0 Å². The second kappa shape index (κ2) is 7.59. The first-order chi connectivity index (χ1) is 12.8. The van der Waals surface area contributed by atoms with Crippen molar-refractivity contribution in [2.24, 2.45) is 5.92 Å². The van der Waals surface area contributed by atoms with Crippen LogP contribution >= 0.6 is 0 Å². The molecule has 0 spiro atoms. The Labute approximate surface area is 162 Å². The van der Waals surface area contributed by atoms with Gasteiger partial charge in [-0.1, -0.05) is 39.8 Å². The monoisotopic (exact) mass is 363 g/mol. The minimum atomic E-state index is -0.285. The molecule has 0 saturated heterocycles. The summed E-state index contributed by atoms with van der Waals surface area (Å²) in [5, 5.41) is 3.46. The molecule has 1 aliphatic rings. The maximum absolute atomic E-state index is 11.8. The lowest BCUT2D eigenvalue weighted by Gasteiger charge is -2.34. The van der Waals surface area contributed by atoms with Crippen LogP contribution < -0.4 is 5.32 Å². The maximum atomic E-state index is 11.8. The topological polar surface area (TPSA) is 38.3 Å². The zero-order chi connectivity index (χ0) is 19.6. The van der Waals surface area contributed by atoms with Gasteiger partial charge >= 0.3 is 5.97 Å². The number of hydrogen-bond donors (Lipinski definition) is 1. The average Bonchev–Trinajstić information content (AvgIpc) is 2.62. The minimum absolute atomic E-state index is 0.124. The van der Waals surface area contributed by atoms with Gasteiger partial charge in [0.1, 0.15) is 0 Å². The van der Waals surface area contributed by atoms with Crippen molar-refractivity contribution in [1.29, 1.82) is 0 Å². The number of nitrogens with one attached hydrogen (secondary N) is 1. The molecule has 3 heteroatoms. The summed E-state index contributed by atoms with van der Waals surface area (Å²) in [5.74, 6) is 0.238.